The van der Waals surface area contributed by atoms with Crippen LogP contribution in [0.1, 0.15) is 44.0 Å². The van der Waals surface area contributed by atoms with Gasteiger partial charge >= 0.3 is 11.9 Å². The number of hydrogen-bond donors (Lipinski definition) is 0. The van der Waals surface area contributed by atoms with E-state index in [1.807, 2.05) is 50.2 Å². The molecule has 1 heterocycles. The summed E-state index contributed by atoms with van der Waals surface area (Å²) in [7, 11) is -2.57. The number of carbonyl (C=O) groups is 2. The maximum Gasteiger partial charge on any atom is 0.338 e. The van der Waals surface area contributed by atoms with Crippen molar-refractivity contribution in [2.45, 2.75) is 76.3 Å². The lowest BCUT2D eigenvalue weighted by atomic mass is 10.00. The quantitative estimate of drug-likeness (QED) is 0.118. The second-order valence-corrected chi connectivity index (χ2v) is 15.0. The molecule has 1 aliphatic rings. The van der Waals surface area contributed by atoms with Crippen LogP contribution in [0.25, 0.3) is 10.4 Å². The van der Waals surface area contributed by atoms with Crippen LogP contribution in [0.2, 0.25) is 18.6 Å². The Balaban J connectivity index is 2.11. The lowest BCUT2D eigenvalue weighted by Gasteiger charge is -2.43. The minimum absolute atomic E-state index is 0.0696. The summed E-state index contributed by atoms with van der Waals surface area (Å²) >= 11 is 0. The molecule has 1 aliphatic heterocycles. The highest BCUT2D eigenvalue weighted by molar-refractivity contribution is 6.91. The second kappa shape index (κ2) is 13.1. The molecule has 0 bridgehead atoms. The van der Waals surface area contributed by atoms with E-state index in [4.69, 9.17) is 18.9 Å². The summed E-state index contributed by atoms with van der Waals surface area (Å²) in [4.78, 5) is 28.8. The molecular weight excluding hydrogens is 502 g/mol. The van der Waals surface area contributed by atoms with Crippen LogP contribution in [-0.4, -0.2) is 57.3 Å². The Bertz CT molecular complexity index is 1120. The van der Waals surface area contributed by atoms with Crippen LogP contribution in [-0.2, 0) is 23.7 Å². The Morgan fingerprint density at radius 2 is 1.76 bits per heavy atom. The second-order valence-electron chi connectivity index (χ2n) is 10.3. The van der Waals surface area contributed by atoms with Gasteiger partial charge in [-0.25, -0.2) is 4.79 Å². The Labute approximate surface area is 225 Å². The Morgan fingerprint density at radius 3 is 2.32 bits per heavy atom. The molecule has 0 spiro atoms. The monoisotopic (exact) mass is 539 g/mol. The van der Waals surface area contributed by atoms with E-state index in [1.165, 1.54) is 0 Å². The summed E-state index contributed by atoms with van der Waals surface area (Å²) in [5.41, 5.74) is 9.54. The Hall–Kier alpha value is -3.17. The zero-order chi connectivity index (χ0) is 27.8. The molecule has 38 heavy (non-hydrogen) atoms. The Morgan fingerprint density at radius 1 is 1.13 bits per heavy atom. The zero-order valence-corrected chi connectivity index (χ0v) is 23.7. The fourth-order valence-electron chi connectivity index (χ4n) is 5.07. The van der Waals surface area contributed by atoms with E-state index in [0.717, 1.165) is 5.19 Å². The molecular formula is C28H37N3O6Si. The topological polar surface area (TPSA) is 120 Å². The van der Waals surface area contributed by atoms with Gasteiger partial charge in [0, 0.05) is 22.9 Å². The molecule has 10 heteroatoms. The van der Waals surface area contributed by atoms with Crippen molar-refractivity contribution in [3.8, 4) is 0 Å². The molecule has 4 atom stereocenters. The molecule has 9 nitrogen and oxygen atoms in total. The highest BCUT2D eigenvalue weighted by Crippen LogP contribution is 2.40. The summed E-state index contributed by atoms with van der Waals surface area (Å²) in [6, 6.07) is 18.0. The first kappa shape index (κ1) is 29.4. The fourth-order valence-corrected chi connectivity index (χ4v) is 8.80. The number of carbonyl (C=O) groups excluding carboxylic acids is 2. The van der Waals surface area contributed by atoms with Crippen LogP contribution in [0.4, 0.5) is 0 Å². The van der Waals surface area contributed by atoms with E-state index in [9.17, 15) is 15.1 Å². The van der Waals surface area contributed by atoms with Gasteiger partial charge in [0.1, 0.15) is 12.2 Å². The first-order valence-electron chi connectivity index (χ1n) is 12.9. The van der Waals surface area contributed by atoms with Gasteiger partial charge in [-0.2, -0.15) is 0 Å². The minimum Gasteiger partial charge on any atom is -0.466 e. The number of esters is 2. The average Bonchev–Trinajstić information content (AvgIpc) is 3.27. The van der Waals surface area contributed by atoms with E-state index >= 15 is 0 Å². The maximum atomic E-state index is 13.4. The van der Waals surface area contributed by atoms with E-state index in [-0.39, 0.29) is 32.0 Å². The van der Waals surface area contributed by atoms with E-state index < -0.39 is 43.6 Å². The molecule has 0 aliphatic carbocycles. The summed E-state index contributed by atoms with van der Waals surface area (Å²) in [5.74, 6) is -1.75. The number of hydrogen-bond acceptors (Lipinski definition) is 7. The van der Waals surface area contributed by atoms with Crippen molar-refractivity contribution in [2.75, 3.05) is 13.2 Å². The predicted molar refractivity (Wildman–Crippen MR) is 147 cm³/mol. The Kier molecular flexibility index (Phi) is 10.1. The van der Waals surface area contributed by atoms with E-state index in [2.05, 4.69) is 23.1 Å². The normalized spacial score (nSPS) is 19.0. The average molecular weight is 540 g/mol. The lowest BCUT2D eigenvalue weighted by molar-refractivity contribution is -0.152. The smallest absolute Gasteiger partial charge is 0.338 e. The fraction of sp³-hybridized carbons (Fsp3) is 0.500. The first-order chi connectivity index (χ1) is 18.1. The SMILES string of the molecule is CCOC(=O)CC[C@@H](N=[N+]=[N-])[C@@H]([C@H](OC(=O)c1ccccc1)[C@H]1COC(C)(C)O1)[Si](C)(C)c1ccccc1. The highest BCUT2D eigenvalue weighted by atomic mass is 28.3. The minimum atomic E-state index is -2.57. The van der Waals surface area contributed by atoms with Crippen molar-refractivity contribution >= 4 is 25.2 Å². The lowest BCUT2D eigenvalue weighted by Crippen LogP contribution is -2.57. The third-order valence-electron chi connectivity index (χ3n) is 6.92. The molecule has 0 N–H and O–H groups in total. The number of azide groups is 1. The molecule has 1 saturated heterocycles. The summed E-state index contributed by atoms with van der Waals surface area (Å²) in [6.45, 7) is 10.1. The van der Waals surface area contributed by atoms with Crippen LogP contribution >= 0.6 is 0 Å². The van der Waals surface area contributed by atoms with Crippen molar-refractivity contribution in [1.29, 1.82) is 0 Å². The molecule has 2 aromatic rings. The van der Waals surface area contributed by atoms with Crippen molar-refractivity contribution < 1.29 is 28.5 Å². The van der Waals surface area contributed by atoms with Crippen LogP contribution in [0, 0.1) is 0 Å². The third kappa shape index (κ3) is 7.45. The summed E-state index contributed by atoms with van der Waals surface area (Å²) in [6.07, 6.45) is -1.09. The van der Waals surface area contributed by atoms with Crippen LogP contribution < -0.4 is 5.19 Å². The standard InChI is InChI=1S/C28H37N3O6Si/c1-6-34-24(32)18-17-22(30-31-29)26(38(4,5)21-15-11-8-12-16-21)25(23-19-35-28(2,3)37-23)36-27(33)20-13-9-7-10-14-20/h7-16,22-23,25-26H,6,17-19H2,1-5H3/t22-,23-,25-,26+/m1/s1. The molecule has 2 aromatic carbocycles. The van der Waals surface area contributed by atoms with Gasteiger partial charge in [0.15, 0.2) is 5.79 Å². The predicted octanol–water partition coefficient (Wildman–Crippen LogP) is 5.37. The van der Waals surface area contributed by atoms with Gasteiger partial charge < -0.3 is 18.9 Å². The van der Waals surface area contributed by atoms with Gasteiger partial charge in [0.05, 0.1) is 26.9 Å². The maximum absolute atomic E-state index is 13.4. The van der Waals surface area contributed by atoms with Crippen molar-refractivity contribution in [3.63, 3.8) is 0 Å². The van der Waals surface area contributed by atoms with Gasteiger partial charge in [-0.15, -0.1) is 0 Å². The van der Waals surface area contributed by atoms with Crippen molar-refractivity contribution in [3.05, 3.63) is 76.7 Å². The summed E-state index contributed by atoms with van der Waals surface area (Å²) < 4.78 is 23.5. The van der Waals surface area contributed by atoms with Crippen LogP contribution in [0.3, 0.4) is 0 Å². The van der Waals surface area contributed by atoms with Crippen LogP contribution in [0.15, 0.2) is 65.8 Å². The number of ether oxygens (including phenoxy) is 4. The van der Waals surface area contributed by atoms with Gasteiger partial charge in [-0.3, -0.25) is 4.79 Å². The molecule has 0 saturated carbocycles. The molecule has 1 fully saturated rings. The van der Waals surface area contributed by atoms with Crippen molar-refractivity contribution in [1.82, 2.24) is 0 Å². The summed E-state index contributed by atoms with van der Waals surface area (Å²) in [5, 5.41) is 5.27. The number of benzene rings is 2. The number of rotatable bonds is 12. The third-order valence-corrected chi connectivity index (χ3v) is 11.1. The number of nitrogens with zero attached hydrogens (tertiary/aromatic N) is 3. The highest BCUT2D eigenvalue weighted by Gasteiger charge is 2.51. The van der Waals surface area contributed by atoms with E-state index in [0.29, 0.717) is 5.56 Å². The molecule has 0 aromatic heterocycles. The van der Waals surface area contributed by atoms with Crippen LogP contribution in [0.5, 0.6) is 0 Å². The van der Waals surface area contributed by atoms with Gasteiger partial charge in [-0.1, -0.05) is 71.9 Å². The van der Waals surface area contributed by atoms with E-state index in [1.54, 1.807) is 31.2 Å². The molecule has 0 radical (unpaired) electrons. The van der Waals surface area contributed by atoms with Gasteiger partial charge in [0.25, 0.3) is 0 Å². The molecule has 3 rings (SSSR count). The molecule has 0 amide bonds. The molecule has 0 unspecified atom stereocenters. The van der Waals surface area contributed by atoms with Gasteiger partial charge in [0.2, 0.25) is 0 Å². The molecule has 204 valence electrons. The first-order valence-corrected chi connectivity index (χ1v) is 16.0. The van der Waals surface area contributed by atoms with Gasteiger partial charge in [-0.05, 0) is 44.9 Å². The van der Waals surface area contributed by atoms with Crippen molar-refractivity contribution in [2.24, 2.45) is 5.11 Å². The zero-order valence-electron chi connectivity index (χ0n) is 22.7. The largest absolute Gasteiger partial charge is 0.466 e.